The van der Waals surface area contributed by atoms with E-state index >= 15 is 0 Å². The molecule has 0 spiro atoms. The first-order valence-corrected chi connectivity index (χ1v) is 9.21. The number of hydrogen-bond acceptors (Lipinski definition) is 5. The number of benzene rings is 1. The molecule has 138 valence electrons. The van der Waals surface area contributed by atoms with Crippen molar-refractivity contribution in [1.29, 1.82) is 0 Å². The number of nitrogens with one attached hydrogen (secondary N) is 1. The number of nitrogens with zero attached hydrogens (tertiary/aromatic N) is 5. The van der Waals surface area contributed by atoms with Gasteiger partial charge in [0, 0.05) is 25.5 Å². The lowest BCUT2D eigenvalue weighted by Gasteiger charge is -2.32. The molecular weight excluding hydrogens is 364 g/mol. The Kier molecular flexibility index (Phi) is 5.02. The summed E-state index contributed by atoms with van der Waals surface area (Å²) in [7, 11) is 0. The summed E-state index contributed by atoms with van der Waals surface area (Å²) in [6, 6.07) is 11.1. The number of imidazole rings is 1. The van der Waals surface area contributed by atoms with E-state index in [1.165, 1.54) is 0 Å². The molecule has 1 saturated heterocycles. The fourth-order valence-electron chi connectivity index (χ4n) is 3.22. The van der Waals surface area contributed by atoms with Crippen LogP contribution < -0.4 is 10.2 Å². The molecule has 4 rings (SSSR count). The van der Waals surface area contributed by atoms with Crippen molar-refractivity contribution in [2.45, 2.75) is 12.8 Å². The van der Waals surface area contributed by atoms with Gasteiger partial charge in [-0.2, -0.15) is 0 Å². The fourth-order valence-corrected chi connectivity index (χ4v) is 3.40. The molecule has 2 aromatic heterocycles. The quantitative estimate of drug-likeness (QED) is 0.750. The van der Waals surface area contributed by atoms with Crippen LogP contribution in [-0.2, 0) is 4.79 Å². The largest absolute Gasteiger partial charge is 0.354 e. The van der Waals surface area contributed by atoms with Gasteiger partial charge in [0.2, 0.25) is 5.91 Å². The highest BCUT2D eigenvalue weighted by atomic mass is 35.5. The molecule has 1 aliphatic heterocycles. The second-order valence-corrected chi connectivity index (χ2v) is 6.88. The number of aromatic nitrogens is 4. The molecule has 0 bridgehead atoms. The number of carbonyl (C=O) groups excluding carboxylic acids is 1. The number of halogens is 1. The lowest BCUT2D eigenvalue weighted by molar-refractivity contribution is -0.120. The minimum absolute atomic E-state index is 0.0178. The SMILES string of the molecule is O=C(Nc1ccccc1Cl)[C@@H]1CCCN(c2ccc(-n3ccnc3)nn2)C1. The first-order chi connectivity index (χ1) is 13.2. The Morgan fingerprint density at radius 3 is 2.70 bits per heavy atom. The Balaban J connectivity index is 1.43. The van der Waals surface area contributed by atoms with Gasteiger partial charge in [-0.05, 0) is 37.1 Å². The van der Waals surface area contributed by atoms with Crippen molar-refractivity contribution in [1.82, 2.24) is 19.7 Å². The first kappa shape index (κ1) is 17.5. The van der Waals surface area contributed by atoms with Crippen LogP contribution in [0.4, 0.5) is 11.5 Å². The zero-order valence-electron chi connectivity index (χ0n) is 14.6. The van der Waals surface area contributed by atoms with E-state index in [1.807, 2.05) is 30.5 Å². The summed E-state index contributed by atoms with van der Waals surface area (Å²) in [6.45, 7) is 1.46. The van der Waals surface area contributed by atoms with Crippen molar-refractivity contribution in [3.8, 4) is 5.82 Å². The zero-order chi connectivity index (χ0) is 18.6. The number of para-hydroxylation sites is 1. The molecule has 3 aromatic rings. The monoisotopic (exact) mass is 382 g/mol. The third kappa shape index (κ3) is 3.93. The zero-order valence-corrected chi connectivity index (χ0v) is 15.4. The highest BCUT2D eigenvalue weighted by Crippen LogP contribution is 2.25. The molecule has 1 aromatic carbocycles. The number of carbonyl (C=O) groups is 1. The van der Waals surface area contributed by atoms with E-state index in [1.54, 1.807) is 29.2 Å². The maximum absolute atomic E-state index is 12.7. The maximum Gasteiger partial charge on any atom is 0.229 e. The standard InChI is InChI=1S/C19H19ClN6O/c20-15-5-1-2-6-16(15)22-19(27)14-4-3-10-25(12-14)17-7-8-18(24-23-17)26-11-9-21-13-26/h1-2,5-9,11,13-14H,3-4,10,12H2,(H,22,27)/t14-/m1/s1. The predicted molar refractivity (Wildman–Crippen MR) is 104 cm³/mol. The van der Waals surface area contributed by atoms with E-state index in [2.05, 4.69) is 25.4 Å². The summed E-state index contributed by atoms with van der Waals surface area (Å²) < 4.78 is 1.80. The van der Waals surface area contributed by atoms with Gasteiger partial charge in [0.25, 0.3) is 0 Å². The summed E-state index contributed by atoms with van der Waals surface area (Å²) in [6.07, 6.45) is 6.96. The van der Waals surface area contributed by atoms with Crippen molar-refractivity contribution < 1.29 is 4.79 Å². The second kappa shape index (κ2) is 7.75. The molecule has 0 unspecified atom stereocenters. The summed E-state index contributed by atoms with van der Waals surface area (Å²) >= 11 is 6.14. The third-order valence-electron chi connectivity index (χ3n) is 4.65. The number of rotatable bonds is 4. The lowest BCUT2D eigenvalue weighted by atomic mass is 9.97. The molecular formula is C19H19ClN6O. The van der Waals surface area contributed by atoms with E-state index in [4.69, 9.17) is 11.6 Å². The van der Waals surface area contributed by atoms with Crippen LogP contribution in [-0.4, -0.2) is 38.7 Å². The average Bonchev–Trinajstić information content (AvgIpc) is 3.25. The lowest BCUT2D eigenvalue weighted by Crippen LogP contribution is -2.41. The Labute approximate surface area is 162 Å². The average molecular weight is 383 g/mol. The molecule has 3 heterocycles. The number of piperidine rings is 1. The molecule has 1 atom stereocenters. The van der Waals surface area contributed by atoms with Gasteiger partial charge < -0.3 is 10.2 Å². The minimum Gasteiger partial charge on any atom is -0.354 e. The molecule has 1 fully saturated rings. The van der Waals surface area contributed by atoms with Crippen LogP contribution in [0.2, 0.25) is 5.02 Å². The van der Waals surface area contributed by atoms with Gasteiger partial charge in [-0.3, -0.25) is 9.36 Å². The summed E-state index contributed by atoms with van der Waals surface area (Å²) in [5.74, 6) is 1.34. The van der Waals surface area contributed by atoms with E-state index < -0.39 is 0 Å². The maximum atomic E-state index is 12.7. The molecule has 0 aliphatic carbocycles. The van der Waals surface area contributed by atoms with Crippen molar-refractivity contribution in [2.24, 2.45) is 5.92 Å². The molecule has 0 saturated carbocycles. The van der Waals surface area contributed by atoms with Gasteiger partial charge in [-0.15, -0.1) is 10.2 Å². The topological polar surface area (TPSA) is 75.9 Å². The van der Waals surface area contributed by atoms with Crippen molar-refractivity contribution in [2.75, 3.05) is 23.3 Å². The predicted octanol–water partition coefficient (Wildman–Crippen LogP) is 3.17. The first-order valence-electron chi connectivity index (χ1n) is 8.83. The minimum atomic E-state index is -0.120. The Hall–Kier alpha value is -2.93. The van der Waals surface area contributed by atoms with E-state index in [0.29, 0.717) is 23.1 Å². The Morgan fingerprint density at radius 2 is 1.96 bits per heavy atom. The van der Waals surface area contributed by atoms with Crippen LogP contribution in [0.1, 0.15) is 12.8 Å². The number of anilines is 2. The van der Waals surface area contributed by atoms with Crippen LogP contribution in [0.25, 0.3) is 5.82 Å². The van der Waals surface area contributed by atoms with E-state index in [0.717, 1.165) is 25.2 Å². The van der Waals surface area contributed by atoms with Crippen molar-refractivity contribution in [3.05, 3.63) is 60.1 Å². The molecule has 8 heteroatoms. The number of amides is 1. The Morgan fingerprint density at radius 1 is 1.15 bits per heavy atom. The van der Waals surface area contributed by atoms with Crippen molar-refractivity contribution >= 4 is 29.0 Å². The van der Waals surface area contributed by atoms with Crippen LogP contribution in [0.3, 0.4) is 0 Å². The molecule has 0 radical (unpaired) electrons. The van der Waals surface area contributed by atoms with Crippen LogP contribution in [0, 0.1) is 5.92 Å². The highest BCUT2D eigenvalue weighted by molar-refractivity contribution is 6.33. The van der Waals surface area contributed by atoms with Gasteiger partial charge in [-0.1, -0.05) is 23.7 Å². The molecule has 1 aliphatic rings. The van der Waals surface area contributed by atoms with Gasteiger partial charge in [-0.25, -0.2) is 4.98 Å². The van der Waals surface area contributed by atoms with E-state index in [-0.39, 0.29) is 11.8 Å². The molecule has 7 nitrogen and oxygen atoms in total. The molecule has 27 heavy (non-hydrogen) atoms. The van der Waals surface area contributed by atoms with Crippen LogP contribution in [0.15, 0.2) is 55.1 Å². The fraction of sp³-hybridized carbons (Fsp3) is 0.263. The number of hydrogen-bond donors (Lipinski definition) is 1. The second-order valence-electron chi connectivity index (χ2n) is 6.47. The summed E-state index contributed by atoms with van der Waals surface area (Å²) in [4.78, 5) is 18.8. The van der Waals surface area contributed by atoms with Gasteiger partial charge >= 0.3 is 0 Å². The van der Waals surface area contributed by atoms with Crippen molar-refractivity contribution in [3.63, 3.8) is 0 Å². The molecule has 1 N–H and O–H groups in total. The summed E-state index contributed by atoms with van der Waals surface area (Å²) in [5, 5.41) is 12.1. The van der Waals surface area contributed by atoms with Gasteiger partial charge in [0.15, 0.2) is 11.6 Å². The third-order valence-corrected chi connectivity index (χ3v) is 4.98. The molecule has 1 amide bonds. The Bertz CT molecular complexity index is 912. The summed E-state index contributed by atoms with van der Waals surface area (Å²) in [5.41, 5.74) is 0.644. The van der Waals surface area contributed by atoms with Gasteiger partial charge in [0.1, 0.15) is 6.33 Å². The van der Waals surface area contributed by atoms with Crippen LogP contribution in [0.5, 0.6) is 0 Å². The smallest absolute Gasteiger partial charge is 0.229 e. The van der Waals surface area contributed by atoms with Gasteiger partial charge in [0.05, 0.1) is 16.6 Å². The van der Waals surface area contributed by atoms with E-state index in [9.17, 15) is 4.79 Å². The highest BCUT2D eigenvalue weighted by Gasteiger charge is 2.27. The normalized spacial score (nSPS) is 16.9. The van der Waals surface area contributed by atoms with Crippen LogP contribution >= 0.6 is 11.6 Å².